The molecule has 0 fully saturated rings. The van der Waals surface area contributed by atoms with Gasteiger partial charge in [-0.05, 0) is 55.0 Å². The van der Waals surface area contributed by atoms with Gasteiger partial charge >= 0.3 is 5.97 Å². The molecule has 0 spiro atoms. The summed E-state index contributed by atoms with van der Waals surface area (Å²) in [5.74, 6) is -1.17. The molecule has 0 radical (unpaired) electrons. The van der Waals surface area contributed by atoms with Crippen LogP contribution in [0.2, 0.25) is 0 Å². The van der Waals surface area contributed by atoms with Crippen molar-refractivity contribution in [1.82, 2.24) is 14.5 Å². The van der Waals surface area contributed by atoms with Crippen LogP contribution >= 0.6 is 0 Å². The zero-order valence-corrected chi connectivity index (χ0v) is 16.8. The number of nitrogens with zero attached hydrogens (tertiary/aromatic N) is 3. The number of hydrogen-bond donors (Lipinski definition) is 1. The largest absolute Gasteiger partial charge is 0.480 e. The number of carboxylic acids is 1. The van der Waals surface area contributed by atoms with E-state index in [1.807, 2.05) is 47.9 Å². The average molecular weight is 417 g/mol. The highest BCUT2D eigenvalue weighted by atomic mass is 19.1. The van der Waals surface area contributed by atoms with Gasteiger partial charge in [0.2, 0.25) is 0 Å². The van der Waals surface area contributed by atoms with Gasteiger partial charge in [0.1, 0.15) is 18.2 Å². The van der Waals surface area contributed by atoms with Crippen molar-refractivity contribution in [2.75, 3.05) is 6.54 Å². The van der Waals surface area contributed by atoms with Crippen LogP contribution in [0.3, 0.4) is 0 Å². The van der Waals surface area contributed by atoms with Gasteiger partial charge in [-0.3, -0.25) is 14.2 Å². The molecule has 0 aliphatic heterocycles. The molecule has 1 N–H and O–H groups in total. The van der Waals surface area contributed by atoms with Gasteiger partial charge in [-0.25, -0.2) is 9.37 Å². The molecular weight excluding hydrogens is 397 g/mol. The fourth-order valence-corrected chi connectivity index (χ4v) is 3.59. The average Bonchev–Trinajstić information content (AvgIpc) is 3.09. The molecule has 7 heteroatoms. The smallest absolute Gasteiger partial charge is 0.323 e. The fourth-order valence-electron chi connectivity index (χ4n) is 3.59. The van der Waals surface area contributed by atoms with Crippen molar-refractivity contribution in [2.45, 2.75) is 13.5 Å². The summed E-state index contributed by atoms with van der Waals surface area (Å²) in [6.45, 7) is 1.48. The first kappa shape index (κ1) is 20.3. The van der Waals surface area contributed by atoms with Crippen molar-refractivity contribution < 1.29 is 19.1 Å². The lowest BCUT2D eigenvalue weighted by molar-refractivity contribution is -0.137. The molecule has 0 unspecified atom stereocenters. The van der Waals surface area contributed by atoms with Crippen LogP contribution in [-0.2, 0) is 11.3 Å². The van der Waals surface area contributed by atoms with Crippen molar-refractivity contribution in [2.24, 2.45) is 0 Å². The Morgan fingerprint density at radius 2 is 1.74 bits per heavy atom. The van der Waals surface area contributed by atoms with Gasteiger partial charge in [0.25, 0.3) is 5.91 Å². The highest BCUT2D eigenvalue weighted by molar-refractivity contribution is 5.98. The minimum absolute atomic E-state index is 0.0565. The molecule has 1 heterocycles. The fraction of sp³-hybridized carbons (Fsp3) is 0.125. The third kappa shape index (κ3) is 4.30. The third-order valence-electron chi connectivity index (χ3n) is 4.98. The molecule has 0 saturated carbocycles. The van der Waals surface area contributed by atoms with Crippen LogP contribution in [0, 0.1) is 12.7 Å². The second-order valence-electron chi connectivity index (χ2n) is 7.21. The Balaban J connectivity index is 1.67. The Morgan fingerprint density at radius 3 is 2.42 bits per heavy atom. The lowest BCUT2D eigenvalue weighted by Crippen LogP contribution is -2.35. The molecular formula is C24H20FN3O3. The highest BCUT2D eigenvalue weighted by Crippen LogP contribution is 2.23. The second-order valence-corrected chi connectivity index (χ2v) is 7.21. The van der Waals surface area contributed by atoms with Gasteiger partial charge < -0.3 is 10.0 Å². The third-order valence-corrected chi connectivity index (χ3v) is 4.98. The highest BCUT2D eigenvalue weighted by Gasteiger charge is 2.20. The predicted octanol–water partition coefficient (Wildman–Crippen LogP) is 4.20. The van der Waals surface area contributed by atoms with Gasteiger partial charge in [0, 0.05) is 17.8 Å². The van der Waals surface area contributed by atoms with E-state index in [4.69, 9.17) is 0 Å². The summed E-state index contributed by atoms with van der Waals surface area (Å²) in [7, 11) is 0. The van der Waals surface area contributed by atoms with Gasteiger partial charge in [-0.2, -0.15) is 0 Å². The van der Waals surface area contributed by atoms with E-state index in [-0.39, 0.29) is 6.54 Å². The number of aliphatic carboxylic acids is 1. The Labute approximate surface area is 178 Å². The quantitative estimate of drug-likeness (QED) is 0.510. The molecule has 156 valence electrons. The van der Waals surface area contributed by atoms with Gasteiger partial charge in [0.05, 0.1) is 11.0 Å². The van der Waals surface area contributed by atoms with Gasteiger partial charge in [-0.1, -0.05) is 30.3 Å². The van der Waals surface area contributed by atoms with Crippen molar-refractivity contribution >= 4 is 22.9 Å². The molecule has 4 aromatic rings. The van der Waals surface area contributed by atoms with Crippen LogP contribution in [0.15, 0.2) is 72.8 Å². The SMILES string of the molecule is Cc1nc2cc(C(=O)N(CC(=O)O)Cc3ccc(F)cc3)ccc2n1-c1ccccc1. The first-order valence-corrected chi connectivity index (χ1v) is 9.72. The number of carbonyl (C=O) groups is 2. The number of aromatic nitrogens is 2. The molecule has 0 atom stereocenters. The maximum absolute atomic E-state index is 13.2. The molecule has 4 rings (SSSR count). The summed E-state index contributed by atoms with van der Waals surface area (Å²) < 4.78 is 15.2. The minimum atomic E-state index is -1.12. The van der Waals surface area contributed by atoms with E-state index in [0.29, 0.717) is 16.6 Å². The molecule has 1 aromatic heterocycles. The lowest BCUT2D eigenvalue weighted by Gasteiger charge is -2.21. The van der Waals surface area contributed by atoms with Crippen molar-refractivity contribution in [3.8, 4) is 5.69 Å². The van der Waals surface area contributed by atoms with Gasteiger partial charge in [-0.15, -0.1) is 0 Å². The molecule has 0 saturated heterocycles. The van der Waals surface area contributed by atoms with Crippen LogP contribution in [0.25, 0.3) is 16.7 Å². The monoisotopic (exact) mass is 417 g/mol. The number of carbonyl (C=O) groups excluding carboxylic acids is 1. The van der Waals surface area contributed by atoms with Crippen molar-refractivity contribution in [1.29, 1.82) is 0 Å². The summed E-state index contributed by atoms with van der Waals surface area (Å²) in [6, 6.07) is 20.6. The first-order chi connectivity index (χ1) is 14.9. The van der Waals surface area contributed by atoms with Crippen LogP contribution < -0.4 is 0 Å². The number of hydrogen-bond acceptors (Lipinski definition) is 3. The Kier molecular flexibility index (Phi) is 5.49. The summed E-state index contributed by atoms with van der Waals surface area (Å²) in [4.78, 5) is 30.2. The predicted molar refractivity (Wildman–Crippen MR) is 115 cm³/mol. The van der Waals surface area contributed by atoms with Crippen molar-refractivity contribution in [3.63, 3.8) is 0 Å². The number of aryl methyl sites for hydroxylation is 1. The van der Waals surface area contributed by atoms with Crippen LogP contribution in [0.5, 0.6) is 0 Å². The zero-order valence-electron chi connectivity index (χ0n) is 16.8. The molecule has 0 aliphatic carbocycles. The van der Waals surface area contributed by atoms with E-state index in [1.54, 1.807) is 12.1 Å². The number of amides is 1. The number of benzene rings is 3. The van der Waals surface area contributed by atoms with E-state index in [2.05, 4.69) is 4.98 Å². The van der Waals surface area contributed by atoms with E-state index in [0.717, 1.165) is 17.0 Å². The molecule has 6 nitrogen and oxygen atoms in total. The number of halogens is 1. The standard InChI is InChI=1S/C24H20FN3O3/c1-16-26-21-13-18(9-12-22(21)28(16)20-5-3-2-4-6-20)24(31)27(15-23(29)30)14-17-7-10-19(25)11-8-17/h2-13H,14-15H2,1H3,(H,29,30). The maximum Gasteiger partial charge on any atom is 0.323 e. The minimum Gasteiger partial charge on any atom is -0.480 e. The first-order valence-electron chi connectivity index (χ1n) is 9.72. The summed E-state index contributed by atoms with van der Waals surface area (Å²) in [5, 5.41) is 9.27. The zero-order chi connectivity index (χ0) is 22.0. The maximum atomic E-state index is 13.2. The molecule has 31 heavy (non-hydrogen) atoms. The number of carboxylic acid groups (broad SMARTS) is 1. The molecule has 1 amide bonds. The summed E-state index contributed by atoms with van der Waals surface area (Å²) >= 11 is 0. The van der Waals surface area contributed by atoms with E-state index >= 15 is 0 Å². The normalized spacial score (nSPS) is 10.9. The number of rotatable bonds is 6. The van der Waals surface area contributed by atoms with Crippen LogP contribution in [0.4, 0.5) is 4.39 Å². The molecule has 0 bridgehead atoms. The lowest BCUT2D eigenvalue weighted by atomic mass is 10.1. The topological polar surface area (TPSA) is 75.4 Å². The van der Waals surface area contributed by atoms with E-state index in [9.17, 15) is 19.1 Å². The number of para-hydroxylation sites is 1. The Bertz CT molecular complexity index is 1250. The summed E-state index contributed by atoms with van der Waals surface area (Å²) in [6.07, 6.45) is 0. The summed E-state index contributed by atoms with van der Waals surface area (Å²) in [5.41, 5.74) is 3.44. The molecule has 3 aromatic carbocycles. The van der Waals surface area contributed by atoms with E-state index < -0.39 is 24.2 Å². The van der Waals surface area contributed by atoms with Crippen molar-refractivity contribution in [3.05, 3.63) is 95.6 Å². The van der Waals surface area contributed by atoms with E-state index in [1.165, 1.54) is 29.2 Å². The molecule has 0 aliphatic rings. The van der Waals surface area contributed by atoms with Gasteiger partial charge in [0.15, 0.2) is 0 Å². The second kappa shape index (κ2) is 8.39. The Morgan fingerprint density at radius 1 is 1.03 bits per heavy atom. The number of fused-ring (bicyclic) bond motifs is 1. The Hall–Kier alpha value is -4.00. The van der Waals surface area contributed by atoms with Crippen LogP contribution in [-0.4, -0.2) is 38.0 Å². The number of imidazole rings is 1. The van der Waals surface area contributed by atoms with Crippen LogP contribution in [0.1, 0.15) is 21.7 Å².